The van der Waals surface area contributed by atoms with Crippen molar-refractivity contribution in [3.63, 3.8) is 0 Å². The summed E-state index contributed by atoms with van der Waals surface area (Å²) in [5.41, 5.74) is 4.47. The Morgan fingerprint density at radius 2 is 0.747 bits per heavy atom. The minimum absolute atomic E-state index is 0.0817. The number of fused-ring (bicyclic) bond motifs is 2. The fraction of sp³-hybridized carbons (Fsp3) is 0.474. The van der Waals surface area contributed by atoms with Crippen LogP contribution in [0.4, 0.5) is 0 Å². The summed E-state index contributed by atoms with van der Waals surface area (Å²) in [5.74, 6) is -3.74. The number of carboxylic acid groups (broad SMARTS) is 1. The number of carbonyl (C=O) groups is 5. The van der Waals surface area contributed by atoms with E-state index in [1.165, 1.54) is 34.6 Å². The number of aliphatic hydroxyl groups excluding tert-OH is 1. The van der Waals surface area contributed by atoms with Crippen molar-refractivity contribution in [2.45, 2.75) is 205 Å². The van der Waals surface area contributed by atoms with E-state index in [4.69, 9.17) is 76.2 Å². The lowest BCUT2D eigenvalue weighted by atomic mass is 9.80. The number of ether oxygens (including phenoxy) is 14. The molecule has 6 aromatic carbocycles. The number of aliphatic carboxylic acids is 1. The summed E-state index contributed by atoms with van der Waals surface area (Å²) in [6, 6.07) is 61.5. The van der Waals surface area contributed by atoms with E-state index < -0.39 is 102 Å². The van der Waals surface area contributed by atoms with E-state index in [2.05, 4.69) is 116 Å². The molecule has 5 saturated heterocycles. The van der Waals surface area contributed by atoms with Crippen LogP contribution in [0.3, 0.4) is 0 Å². The maximum Gasteiger partial charge on any atom is 0.305 e. The molecular formula is C78H98O21. The van der Waals surface area contributed by atoms with E-state index in [1.54, 1.807) is 0 Å². The molecule has 99 heavy (non-hydrogen) atoms. The molecule has 0 amide bonds. The van der Waals surface area contributed by atoms with Gasteiger partial charge in [0.1, 0.15) is 72.4 Å². The molecule has 0 aliphatic carbocycles. The second-order valence-corrected chi connectivity index (χ2v) is 25.3. The molecule has 6 aromatic rings. The van der Waals surface area contributed by atoms with Crippen LogP contribution in [0.1, 0.15) is 142 Å². The lowest BCUT2D eigenvalue weighted by Gasteiger charge is -2.37. The predicted molar refractivity (Wildman–Crippen MR) is 365 cm³/mol. The van der Waals surface area contributed by atoms with Crippen molar-refractivity contribution in [2.24, 2.45) is 0 Å². The molecule has 0 bridgehead atoms. The molecular weight excluding hydrogens is 1270 g/mol. The average molecular weight is 1370 g/mol. The normalized spacial score (nSPS) is 24.5. The SMILES string of the molecule is CC(=O)O.CC(C)=O.CC1(C)OC2O[C@H](COC(c3ccccc3)(c3ccccc3)c3ccccc3)[C@H](O)[C@H]2O1.CCCCO[C@@H]1C(OC(C)=O)C(OC(C)=O)O[C@@H]1COC(C)=O.CCCCO[C@H]1[C@@H](COC(c2ccccc2)(c2ccccc2)c2ccccc2)OC2OC(C)(C)O[C@@H]21. The van der Waals surface area contributed by atoms with Crippen LogP contribution in [0.15, 0.2) is 182 Å². The third-order valence-corrected chi connectivity index (χ3v) is 16.1. The predicted octanol–water partition coefficient (Wildman–Crippen LogP) is 11.9. The summed E-state index contributed by atoms with van der Waals surface area (Å²) >= 11 is 0. The summed E-state index contributed by atoms with van der Waals surface area (Å²) in [6.07, 6.45) is -3.52. The first kappa shape index (κ1) is 78.7. The van der Waals surface area contributed by atoms with Gasteiger partial charge in [-0.05, 0) is 87.8 Å². The Labute approximate surface area is 581 Å². The van der Waals surface area contributed by atoms with Gasteiger partial charge in [-0.3, -0.25) is 19.2 Å². The van der Waals surface area contributed by atoms with Gasteiger partial charge < -0.3 is 81.3 Å². The minimum Gasteiger partial charge on any atom is -0.481 e. The van der Waals surface area contributed by atoms with Crippen molar-refractivity contribution < 1.29 is 101 Å². The third kappa shape index (κ3) is 21.9. The second-order valence-electron chi connectivity index (χ2n) is 25.3. The Morgan fingerprint density at radius 3 is 1.09 bits per heavy atom. The smallest absolute Gasteiger partial charge is 0.305 e. The number of hydrogen-bond donors (Lipinski definition) is 2. The van der Waals surface area contributed by atoms with Gasteiger partial charge in [0.05, 0.1) is 13.2 Å². The van der Waals surface area contributed by atoms with Crippen molar-refractivity contribution in [1.82, 2.24) is 0 Å². The largest absolute Gasteiger partial charge is 0.481 e. The van der Waals surface area contributed by atoms with E-state index in [1.807, 2.05) is 107 Å². The lowest BCUT2D eigenvalue weighted by Crippen LogP contribution is -2.42. The second kappa shape index (κ2) is 37.7. The van der Waals surface area contributed by atoms with Gasteiger partial charge in [-0.25, -0.2) is 0 Å². The number of carboxylic acids is 1. The zero-order valence-corrected chi connectivity index (χ0v) is 58.8. The highest BCUT2D eigenvalue weighted by Crippen LogP contribution is 2.46. The highest BCUT2D eigenvalue weighted by molar-refractivity contribution is 5.72. The molecule has 0 radical (unpaired) electrons. The Kier molecular flexibility index (Phi) is 30.0. The number of unbranched alkanes of at least 4 members (excludes halogenated alkanes) is 2. The highest BCUT2D eigenvalue weighted by Gasteiger charge is 2.57. The van der Waals surface area contributed by atoms with Crippen LogP contribution < -0.4 is 0 Å². The Bertz CT molecular complexity index is 3180. The van der Waals surface area contributed by atoms with Crippen LogP contribution in [0.2, 0.25) is 0 Å². The number of aliphatic hydroxyl groups is 1. The number of rotatable bonds is 24. The van der Waals surface area contributed by atoms with Crippen LogP contribution in [-0.2, 0) is 101 Å². The Balaban J connectivity index is 0.000000202. The van der Waals surface area contributed by atoms with Gasteiger partial charge in [-0.15, -0.1) is 0 Å². The summed E-state index contributed by atoms with van der Waals surface area (Å²) in [7, 11) is 0. The summed E-state index contributed by atoms with van der Waals surface area (Å²) in [5, 5.41) is 18.3. The molecule has 5 aliphatic heterocycles. The number of carbonyl (C=O) groups excluding carboxylic acids is 4. The summed E-state index contributed by atoms with van der Waals surface area (Å²) in [6.45, 7) is 21.0. The maximum absolute atomic E-state index is 11.3. The van der Waals surface area contributed by atoms with E-state index in [9.17, 15) is 24.3 Å². The van der Waals surface area contributed by atoms with Crippen LogP contribution in [0.25, 0.3) is 0 Å². The molecule has 21 heteroatoms. The molecule has 5 heterocycles. The van der Waals surface area contributed by atoms with Crippen LogP contribution in [0, 0.1) is 0 Å². The third-order valence-electron chi connectivity index (χ3n) is 16.1. The molecule has 11 rings (SSSR count). The van der Waals surface area contributed by atoms with Gasteiger partial charge in [-0.1, -0.05) is 209 Å². The maximum atomic E-state index is 11.3. The zero-order valence-electron chi connectivity index (χ0n) is 58.8. The molecule has 5 fully saturated rings. The van der Waals surface area contributed by atoms with Gasteiger partial charge in [0.15, 0.2) is 30.3 Å². The van der Waals surface area contributed by atoms with Crippen molar-refractivity contribution >= 4 is 29.7 Å². The fourth-order valence-corrected chi connectivity index (χ4v) is 12.1. The van der Waals surface area contributed by atoms with Crippen molar-refractivity contribution in [2.75, 3.05) is 33.0 Å². The van der Waals surface area contributed by atoms with Crippen molar-refractivity contribution in [3.05, 3.63) is 215 Å². The van der Waals surface area contributed by atoms with Crippen LogP contribution in [-0.4, -0.2) is 158 Å². The molecule has 0 saturated carbocycles. The quantitative estimate of drug-likeness (QED) is 0.0247. The first-order valence-corrected chi connectivity index (χ1v) is 33.7. The summed E-state index contributed by atoms with van der Waals surface area (Å²) < 4.78 is 82.9. The first-order valence-electron chi connectivity index (χ1n) is 33.7. The highest BCUT2D eigenvalue weighted by atomic mass is 16.9. The molecule has 5 aliphatic rings. The fourth-order valence-electron chi connectivity index (χ4n) is 12.1. The van der Waals surface area contributed by atoms with Gasteiger partial charge >= 0.3 is 17.9 Å². The van der Waals surface area contributed by atoms with Crippen LogP contribution >= 0.6 is 0 Å². The van der Waals surface area contributed by atoms with Gasteiger partial charge in [0.25, 0.3) is 5.97 Å². The van der Waals surface area contributed by atoms with Crippen molar-refractivity contribution in [3.8, 4) is 0 Å². The number of hydrogen-bond acceptors (Lipinski definition) is 20. The van der Waals surface area contributed by atoms with Gasteiger partial charge in [0.2, 0.25) is 6.29 Å². The minimum atomic E-state index is -1.09. The average Bonchev–Trinajstić information content (AvgIpc) is 1.70. The van der Waals surface area contributed by atoms with E-state index in [0.29, 0.717) is 19.8 Å². The topological polar surface area (TPSA) is 255 Å². The molecule has 2 N–H and O–H groups in total. The Hall–Kier alpha value is -7.61. The van der Waals surface area contributed by atoms with Gasteiger partial charge in [-0.2, -0.15) is 0 Å². The van der Waals surface area contributed by atoms with Gasteiger partial charge in [0, 0.05) is 40.9 Å². The monoisotopic (exact) mass is 1370 g/mol. The zero-order chi connectivity index (χ0) is 71.8. The molecule has 4 unspecified atom stereocenters. The van der Waals surface area contributed by atoms with Crippen molar-refractivity contribution in [1.29, 1.82) is 0 Å². The van der Waals surface area contributed by atoms with Crippen LogP contribution in [0.5, 0.6) is 0 Å². The van der Waals surface area contributed by atoms with E-state index in [-0.39, 0.29) is 37.3 Å². The number of ketones is 1. The molecule has 12 atom stereocenters. The standard InChI is InChI=1S/C31H36O5.C27H28O5.C15H24O8.C3H6O.C2H4O2/c1-4-5-21-32-27-26(34-29-28(27)35-30(2,3)36-29)22-33-31(23-15-9-6-10-16-23,24-17-11-7-12-18-24)25-19-13-8-14-20-25;1-26(2)31-24-23(28)22(30-25(24)32-26)18-29-27(19-12-6-3-7-13-19,20-14-8-4-9-15-20)21-16-10-5-11-17-21;1-5-6-7-19-13-12(8-20-9(2)16)23-15(22-11(4)18)14(13)21-10(3)17;1-3(2)4;1-2(3)4/h6-20,26-29H,4-5,21-22H2,1-3H3;3-17,22-25,28H,18H2,1-2H3;12-15H,5-8H2,1-4H3;1-2H3;1H3,(H,3,4)/t26-,27+,28-,29?;22-,23+,24-,25?;12-,13+,14?,15?;;/m111../s1. The number of benzene rings is 6. The summed E-state index contributed by atoms with van der Waals surface area (Å²) in [4.78, 5) is 52.0. The first-order chi connectivity index (χ1) is 47.3. The number of Topliss-reactive ketones (excluding diaryl/α,β-unsaturated/α-hetero) is 1. The Morgan fingerprint density at radius 1 is 0.424 bits per heavy atom. The molecule has 0 aromatic heterocycles. The molecule has 0 spiro atoms. The van der Waals surface area contributed by atoms with E-state index >= 15 is 0 Å². The van der Waals surface area contributed by atoms with E-state index in [0.717, 1.165) is 66.0 Å². The lowest BCUT2D eigenvalue weighted by molar-refractivity contribution is -0.227. The molecule has 21 nitrogen and oxygen atoms in total. The number of esters is 3. The molecule has 536 valence electrons.